The highest BCUT2D eigenvalue weighted by atomic mass is 35.5. The van der Waals surface area contributed by atoms with Gasteiger partial charge in [0, 0.05) is 27.8 Å². The van der Waals surface area contributed by atoms with Gasteiger partial charge in [0.15, 0.2) is 5.16 Å². The van der Waals surface area contributed by atoms with E-state index < -0.39 is 0 Å². The molecule has 0 fully saturated rings. The molecule has 2 N–H and O–H groups in total. The lowest BCUT2D eigenvalue weighted by Gasteiger charge is -2.12. The quantitative estimate of drug-likeness (QED) is 0.640. The molecule has 0 saturated heterocycles. The van der Waals surface area contributed by atoms with E-state index in [4.69, 9.17) is 11.6 Å². The van der Waals surface area contributed by atoms with E-state index in [9.17, 15) is 9.59 Å². The molecule has 1 aromatic carbocycles. The lowest BCUT2D eigenvalue weighted by atomic mass is 10.3. The number of H-pyrrole nitrogens is 1. The minimum absolute atomic E-state index is 0.104. The molecule has 0 bridgehead atoms. The Kier molecular flexibility index (Phi) is 4.99. The van der Waals surface area contributed by atoms with Gasteiger partial charge in [-0.25, -0.2) is 4.98 Å². The first kappa shape index (κ1) is 16.4. The van der Waals surface area contributed by atoms with E-state index in [1.807, 2.05) is 0 Å². The Morgan fingerprint density at radius 2 is 2.13 bits per heavy atom. The number of aromatic nitrogens is 2. The molecular weight excluding hydrogens is 354 g/mol. The van der Waals surface area contributed by atoms with Crippen LogP contribution in [0, 0.1) is 0 Å². The summed E-state index contributed by atoms with van der Waals surface area (Å²) in [6.45, 7) is 1.78. The van der Waals surface area contributed by atoms with Crippen LogP contribution in [0.1, 0.15) is 18.2 Å². The maximum atomic E-state index is 12.2. The molecule has 1 aromatic heterocycles. The SMILES string of the molecule is CC(Sc1nc2c(c(=O)[nH]1)CSC2)C(=O)Nc1ccc(Cl)cc1. The van der Waals surface area contributed by atoms with Gasteiger partial charge in [0.25, 0.3) is 5.56 Å². The fourth-order valence-corrected chi connectivity index (χ4v) is 4.07. The van der Waals surface area contributed by atoms with Crippen molar-refractivity contribution in [2.24, 2.45) is 0 Å². The van der Waals surface area contributed by atoms with E-state index in [1.54, 1.807) is 43.0 Å². The van der Waals surface area contributed by atoms with Crippen LogP contribution in [0.3, 0.4) is 0 Å². The molecule has 1 amide bonds. The van der Waals surface area contributed by atoms with Gasteiger partial charge in [-0.3, -0.25) is 9.59 Å². The van der Waals surface area contributed by atoms with Gasteiger partial charge in [-0.15, -0.1) is 0 Å². The zero-order chi connectivity index (χ0) is 16.4. The van der Waals surface area contributed by atoms with Crippen LogP contribution in [0.15, 0.2) is 34.2 Å². The van der Waals surface area contributed by atoms with Crippen molar-refractivity contribution in [2.45, 2.75) is 28.8 Å². The van der Waals surface area contributed by atoms with Crippen LogP contribution in [-0.2, 0) is 16.3 Å². The Balaban J connectivity index is 1.68. The van der Waals surface area contributed by atoms with Crippen LogP contribution >= 0.6 is 35.1 Å². The normalized spacial score (nSPS) is 14.3. The summed E-state index contributed by atoms with van der Waals surface area (Å²) in [4.78, 5) is 31.4. The molecule has 2 heterocycles. The predicted octanol–water partition coefficient (Wildman–Crippen LogP) is 3.29. The molecule has 1 aliphatic heterocycles. The zero-order valence-corrected chi connectivity index (χ0v) is 14.6. The predicted molar refractivity (Wildman–Crippen MR) is 95.3 cm³/mol. The smallest absolute Gasteiger partial charge is 0.255 e. The molecule has 3 rings (SSSR count). The van der Waals surface area contributed by atoms with Gasteiger partial charge < -0.3 is 10.3 Å². The number of anilines is 1. The highest BCUT2D eigenvalue weighted by molar-refractivity contribution is 8.00. The second-order valence-electron chi connectivity index (χ2n) is 5.05. The Morgan fingerprint density at radius 3 is 2.87 bits per heavy atom. The average Bonchev–Trinajstić information content (AvgIpc) is 2.98. The number of benzene rings is 1. The van der Waals surface area contributed by atoms with Crippen molar-refractivity contribution in [3.05, 3.63) is 50.9 Å². The third-order valence-electron chi connectivity index (χ3n) is 3.33. The lowest BCUT2D eigenvalue weighted by Crippen LogP contribution is -2.23. The second kappa shape index (κ2) is 6.98. The molecule has 0 saturated carbocycles. The number of aromatic amines is 1. The minimum Gasteiger partial charge on any atom is -0.325 e. The summed E-state index contributed by atoms with van der Waals surface area (Å²) in [5, 5.41) is 3.52. The molecule has 1 aliphatic rings. The molecule has 8 heteroatoms. The summed E-state index contributed by atoms with van der Waals surface area (Å²) in [7, 11) is 0. The Labute approximate surface area is 146 Å². The zero-order valence-electron chi connectivity index (χ0n) is 12.3. The van der Waals surface area contributed by atoms with Crippen LogP contribution < -0.4 is 10.9 Å². The number of carbonyl (C=O) groups excluding carboxylic acids is 1. The summed E-state index contributed by atoms with van der Waals surface area (Å²) >= 11 is 8.73. The first-order valence-corrected chi connectivity index (χ1v) is 9.37. The molecular formula is C15H14ClN3O2S2. The standard InChI is InChI=1S/C15H14ClN3O2S2/c1-8(13(20)17-10-4-2-9(16)3-5-10)23-15-18-12-7-22-6-11(12)14(21)19-15/h2-5,8H,6-7H2,1H3,(H,17,20)(H,18,19,21). The van der Waals surface area contributed by atoms with E-state index in [0.717, 1.165) is 17.0 Å². The number of fused-ring (bicyclic) bond motifs is 1. The number of hydrogen-bond donors (Lipinski definition) is 2. The largest absolute Gasteiger partial charge is 0.325 e. The molecule has 5 nitrogen and oxygen atoms in total. The van der Waals surface area contributed by atoms with Crippen molar-refractivity contribution >= 4 is 46.7 Å². The van der Waals surface area contributed by atoms with Crippen LogP contribution in [0.2, 0.25) is 5.02 Å². The van der Waals surface area contributed by atoms with Crippen LogP contribution in [0.4, 0.5) is 5.69 Å². The van der Waals surface area contributed by atoms with Crippen LogP contribution in [0.5, 0.6) is 0 Å². The van der Waals surface area contributed by atoms with Crippen LogP contribution in [0.25, 0.3) is 0 Å². The van der Waals surface area contributed by atoms with Crippen molar-refractivity contribution < 1.29 is 4.79 Å². The van der Waals surface area contributed by atoms with Crippen molar-refractivity contribution in [3.63, 3.8) is 0 Å². The monoisotopic (exact) mass is 367 g/mol. The van der Waals surface area contributed by atoms with Gasteiger partial charge in [-0.2, -0.15) is 11.8 Å². The molecule has 120 valence electrons. The van der Waals surface area contributed by atoms with E-state index in [0.29, 0.717) is 21.6 Å². The van der Waals surface area contributed by atoms with Gasteiger partial charge in [-0.05, 0) is 31.2 Å². The summed E-state index contributed by atoms with van der Waals surface area (Å²) < 4.78 is 0. The van der Waals surface area contributed by atoms with E-state index in [-0.39, 0.29) is 16.7 Å². The topological polar surface area (TPSA) is 74.8 Å². The third kappa shape index (κ3) is 3.91. The first-order chi connectivity index (χ1) is 11.0. The fraction of sp³-hybridized carbons (Fsp3) is 0.267. The van der Waals surface area contributed by atoms with E-state index in [2.05, 4.69) is 15.3 Å². The number of nitrogens with one attached hydrogen (secondary N) is 2. The third-order valence-corrected chi connectivity index (χ3v) is 5.54. The average molecular weight is 368 g/mol. The van der Waals surface area contributed by atoms with Crippen molar-refractivity contribution in [2.75, 3.05) is 5.32 Å². The molecule has 23 heavy (non-hydrogen) atoms. The Morgan fingerprint density at radius 1 is 1.39 bits per heavy atom. The number of rotatable bonds is 4. The summed E-state index contributed by atoms with van der Waals surface area (Å²) in [6.07, 6.45) is 0. The minimum atomic E-state index is -0.388. The number of amides is 1. The summed E-state index contributed by atoms with van der Waals surface area (Å²) in [6, 6.07) is 6.91. The number of nitrogens with zero attached hydrogens (tertiary/aromatic N) is 1. The number of halogens is 1. The maximum Gasteiger partial charge on any atom is 0.255 e. The van der Waals surface area contributed by atoms with Gasteiger partial charge in [0.2, 0.25) is 5.91 Å². The van der Waals surface area contributed by atoms with Crippen molar-refractivity contribution in [1.29, 1.82) is 0 Å². The van der Waals surface area contributed by atoms with Gasteiger partial charge in [-0.1, -0.05) is 23.4 Å². The fourth-order valence-electron chi connectivity index (χ4n) is 2.09. The van der Waals surface area contributed by atoms with Gasteiger partial charge >= 0.3 is 0 Å². The number of thioether (sulfide) groups is 2. The van der Waals surface area contributed by atoms with Crippen molar-refractivity contribution in [1.82, 2.24) is 9.97 Å². The van der Waals surface area contributed by atoms with E-state index in [1.165, 1.54) is 11.8 Å². The second-order valence-corrected chi connectivity index (χ2v) is 7.80. The summed E-state index contributed by atoms with van der Waals surface area (Å²) in [5.41, 5.74) is 2.15. The van der Waals surface area contributed by atoms with Crippen molar-refractivity contribution in [3.8, 4) is 0 Å². The Hall–Kier alpha value is -1.44. The van der Waals surface area contributed by atoms with Gasteiger partial charge in [0.1, 0.15) is 0 Å². The molecule has 0 radical (unpaired) electrons. The highest BCUT2D eigenvalue weighted by Crippen LogP contribution is 2.28. The first-order valence-electron chi connectivity index (χ1n) is 6.96. The van der Waals surface area contributed by atoms with E-state index >= 15 is 0 Å². The molecule has 0 spiro atoms. The molecule has 2 aromatic rings. The maximum absolute atomic E-state index is 12.2. The molecule has 0 aliphatic carbocycles. The lowest BCUT2D eigenvalue weighted by molar-refractivity contribution is -0.115. The van der Waals surface area contributed by atoms with Crippen LogP contribution in [-0.4, -0.2) is 21.1 Å². The molecule has 1 unspecified atom stereocenters. The Bertz CT molecular complexity index is 792. The molecule has 1 atom stereocenters. The highest BCUT2D eigenvalue weighted by Gasteiger charge is 2.21. The summed E-state index contributed by atoms with van der Waals surface area (Å²) in [5.74, 6) is 1.29. The number of hydrogen-bond acceptors (Lipinski definition) is 5. The number of carbonyl (C=O) groups is 1. The van der Waals surface area contributed by atoms with Gasteiger partial charge in [0.05, 0.1) is 10.9 Å².